The van der Waals surface area contributed by atoms with Crippen molar-refractivity contribution in [2.45, 2.75) is 291 Å². The Kier molecular flexibility index (Phi) is 28.8. The molecular formula is C75H110O5. The molecular weight excluding hydrogens is 981 g/mol. The van der Waals surface area contributed by atoms with Crippen molar-refractivity contribution in [2.24, 2.45) is 0 Å². The van der Waals surface area contributed by atoms with Crippen LogP contribution in [0.15, 0.2) is 60.7 Å². The number of phenolic OH excluding ortho intramolecular Hbond substituents is 5. The number of hydrogen-bond donors (Lipinski definition) is 5. The fraction of sp³-hybridized carbons (Fsp3) is 0.600. The molecule has 5 N–H and O–H groups in total. The Labute approximate surface area is 487 Å². The van der Waals surface area contributed by atoms with E-state index in [1.54, 1.807) is 0 Å². The predicted molar refractivity (Wildman–Crippen MR) is 340 cm³/mol. The first-order valence-electron chi connectivity index (χ1n) is 33.2. The van der Waals surface area contributed by atoms with Crippen molar-refractivity contribution in [3.05, 3.63) is 144 Å². The van der Waals surface area contributed by atoms with Gasteiger partial charge in [-0.3, -0.25) is 0 Å². The molecule has 6 rings (SSSR count). The van der Waals surface area contributed by atoms with Crippen molar-refractivity contribution in [1.29, 1.82) is 0 Å². The summed E-state index contributed by atoms with van der Waals surface area (Å²) in [4.78, 5) is 0. The predicted octanol–water partition coefficient (Wildman–Crippen LogP) is 21.0. The number of aromatic hydroxyl groups is 5. The van der Waals surface area contributed by atoms with Gasteiger partial charge >= 0.3 is 0 Å². The number of benzene rings is 5. The zero-order valence-electron chi connectivity index (χ0n) is 51.3. The highest BCUT2D eigenvalue weighted by molar-refractivity contribution is 5.58. The Bertz CT molecular complexity index is 2070. The maximum Gasteiger partial charge on any atom is 0.122 e. The third-order valence-electron chi connectivity index (χ3n) is 17.6. The van der Waals surface area contributed by atoms with E-state index in [9.17, 15) is 25.5 Å². The van der Waals surface area contributed by atoms with Gasteiger partial charge in [0.2, 0.25) is 0 Å². The van der Waals surface area contributed by atoms with Crippen LogP contribution >= 0.6 is 0 Å². The zero-order chi connectivity index (χ0) is 56.9. The summed E-state index contributed by atoms with van der Waals surface area (Å²) in [6.07, 6.45) is 42.1. The van der Waals surface area contributed by atoms with Gasteiger partial charge in [0, 0.05) is 32.1 Å². The summed E-state index contributed by atoms with van der Waals surface area (Å²) in [5, 5.41) is 63.1. The third kappa shape index (κ3) is 20.8. The molecule has 10 bridgehead atoms. The van der Waals surface area contributed by atoms with Crippen LogP contribution in [0.5, 0.6) is 28.7 Å². The van der Waals surface area contributed by atoms with Crippen molar-refractivity contribution < 1.29 is 25.5 Å². The average Bonchev–Trinajstić information content (AvgIpc) is 3.51. The molecule has 0 radical (unpaired) electrons. The lowest BCUT2D eigenvalue weighted by atomic mass is 9.87. The molecule has 0 aliphatic heterocycles. The van der Waals surface area contributed by atoms with Crippen LogP contribution in [-0.2, 0) is 64.2 Å². The second-order valence-corrected chi connectivity index (χ2v) is 24.8. The molecule has 0 atom stereocenters. The smallest absolute Gasteiger partial charge is 0.122 e. The normalized spacial score (nSPS) is 12.6. The van der Waals surface area contributed by atoms with Crippen molar-refractivity contribution in [1.82, 2.24) is 0 Å². The van der Waals surface area contributed by atoms with E-state index in [-0.39, 0.29) is 28.7 Å². The van der Waals surface area contributed by atoms with Gasteiger partial charge in [-0.05, 0) is 148 Å². The summed E-state index contributed by atoms with van der Waals surface area (Å²) < 4.78 is 0. The molecule has 1 aliphatic rings. The highest BCUT2D eigenvalue weighted by Crippen LogP contribution is 2.41. The summed E-state index contributed by atoms with van der Waals surface area (Å²) in [6, 6.07) is 21.8. The van der Waals surface area contributed by atoms with E-state index < -0.39 is 0 Å². The average molecular weight is 1090 g/mol. The van der Waals surface area contributed by atoms with E-state index in [0.717, 1.165) is 152 Å². The molecule has 5 nitrogen and oxygen atoms in total. The van der Waals surface area contributed by atoms with Crippen molar-refractivity contribution in [3.63, 3.8) is 0 Å². The van der Waals surface area contributed by atoms with Gasteiger partial charge < -0.3 is 25.5 Å². The van der Waals surface area contributed by atoms with E-state index in [0.29, 0.717) is 32.1 Å². The van der Waals surface area contributed by atoms with Gasteiger partial charge in [-0.15, -0.1) is 0 Å². The second-order valence-electron chi connectivity index (χ2n) is 24.8. The van der Waals surface area contributed by atoms with Crippen LogP contribution in [0.1, 0.15) is 311 Å². The monoisotopic (exact) mass is 1090 g/mol. The fourth-order valence-electron chi connectivity index (χ4n) is 12.8. The Morgan fingerprint density at radius 2 is 0.325 bits per heavy atom. The molecule has 5 aromatic rings. The van der Waals surface area contributed by atoms with E-state index in [1.807, 2.05) is 0 Å². The fourth-order valence-corrected chi connectivity index (χ4v) is 12.8. The molecule has 0 unspecified atom stereocenters. The zero-order valence-corrected chi connectivity index (χ0v) is 51.3. The maximum atomic E-state index is 12.6. The van der Waals surface area contributed by atoms with E-state index in [4.69, 9.17) is 0 Å². The lowest BCUT2D eigenvalue weighted by molar-refractivity contribution is 0.450. The number of fused-ring (bicyclic) bond motifs is 10. The minimum atomic E-state index is 0.227. The quantitative estimate of drug-likeness (QED) is 0.0255. The summed E-state index contributed by atoms with van der Waals surface area (Å²) >= 11 is 0. The van der Waals surface area contributed by atoms with Gasteiger partial charge in [-0.2, -0.15) is 0 Å². The van der Waals surface area contributed by atoms with E-state index >= 15 is 0 Å². The molecule has 5 aromatic carbocycles. The van der Waals surface area contributed by atoms with Crippen molar-refractivity contribution in [2.75, 3.05) is 0 Å². The van der Waals surface area contributed by atoms with Crippen LogP contribution in [0.2, 0.25) is 0 Å². The number of phenols is 5. The highest BCUT2D eigenvalue weighted by Gasteiger charge is 2.23. The minimum Gasteiger partial charge on any atom is -0.507 e. The second kappa shape index (κ2) is 35.8. The van der Waals surface area contributed by atoms with Gasteiger partial charge in [-0.25, -0.2) is 0 Å². The maximum absolute atomic E-state index is 12.6. The van der Waals surface area contributed by atoms with Gasteiger partial charge in [0.25, 0.3) is 0 Å². The van der Waals surface area contributed by atoms with Gasteiger partial charge in [0.05, 0.1) is 0 Å². The SMILES string of the molecule is CCCCCCCCc1cc2c(O)c(c1)Cc1cc(CCCCCCCC)cc(c1O)Cc1cc(CCCCCCCC)cc(c1O)Cc1cc(CCCCCCCC)cc(c1O)Cc1cc(CCCCCCCC)cc(c1O)C2. The van der Waals surface area contributed by atoms with Crippen LogP contribution in [0.4, 0.5) is 0 Å². The molecule has 0 heterocycles. The number of rotatable bonds is 35. The summed E-state index contributed by atoms with van der Waals surface area (Å²) in [5.74, 6) is 1.13. The standard InChI is InChI=1S/C75H110O5/c1-6-11-16-21-26-31-36-56-41-61-51-63-43-57(37-32-27-22-17-12-7-2)45-65(72(63)77)53-67-47-59(39-34-29-24-19-14-9-4)49-69(74(67)79)55-70-50-60(40-35-30-25-20-15-10-5)48-68(75(70)80)54-66-46-58(38-33-28-23-18-13-8-3)44-64(73(66)78)52-62(42-56)71(61)76/h41-50,76-80H,6-40,51-55H2,1-5H3. The van der Waals surface area contributed by atoms with E-state index in [1.165, 1.54) is 156 Å². The molecule has 80 heavy (non-hydrogen) atoms. The third-order valence-corrected chi connectivity index (χ3v) is 17.6. The van der Waals surface area contributed by atoms with Crippen LogP contribution in [0.3, 0.4) is 0 Å². The summed E-state index contributed by atoms with van der Waals surface area (Å²) in [7, 11) is 0. The Balaban J connectivity index is 1.54. The molecule has 0 fully saturated rings. The van der Waals surface area contributed by atoms with Crippen LogP contribution < -0.4 is 0 Å². The number of aryl methyl sites for hydroxylation is 5. The summed E-state index contributed by atoms with van der Waals surface area (Å²) in [6.45, 7) is 11.3. The topological polar surface area (TPSA) is 101 Å². The molecule has 0 saturated carbocycles. The first-order chi connectivity index (χ1) is 39.0. The highest BCUT2D eigenvalue weighted by atomic mass is 16.3. The molecule has 1 aliphatic carbocycles. The molecule has 0 spiro atoms. The van der Waals surface area contributed by atoms with Crippen LogP contribution in [0.25, 0.3) is 0 Å². The van der Waals surface area contributed by atoms with Crippen molar-refractivity contribution >= 4 is 0 Å². The van der Waals surface area contributed by atoms with Gasteiger partial charge in [0.1, 0.15) is 28.7 Å². The Morgan fingerprint density at radius 3 is 0.463 bits per heavy atom. The molecule has 0 saturated heterocycles. The Hall–Kier alpha value is -4.90. The molecule has 0 aromatic heterocycles. The van der Waals surface area contributed by atoms with Crippen LogP contribution in [-0.4, -0.2) is 25.5 Å². The molecule has 5 heteroatoms. The Morgan fingerprint density at radius 1 is 0.200 bits per heavy atom. The first kappa shape index (κ1) is 64.3. The van der Waals surface area contributed by atoms with Crippen LogP contribution in [0, 0.1) is 0 Å². The summed E-state index contributed by atoms with van der Waals surface area (Å²) in [5.41, 5.74) is 13.8. The lowest BCUT2D eigenvalue weighted by Gasteiger charge is -2.20. The largest absolute Gasteiger partial charge is 0.507 e. The minimum absolute atomic E-state index is 0.227. The van der Waals surface area contributed by atoms with Gasteiger partial charge in [-0.1, -0.05) is 256 Å². The van der Waals surface area contributed by atoms with Crippen molar-refractivity contribution in [3.8, 4) is 28.7 Å². The number of unbranched alkanes of at least 4 members (excludes halogenated alkanes) is 25. The molecule has 440 valence electrons. The number of hydrogen-bond acceptors (Lipinski definition) is 5. The van der Waals surface area contributed by atoms with E-state index in [2.05, 4.69) is 95.3 Å². The first-order valence-corrected chi connectivity index (χ1v) is 33.2. The molecule has 0 amide bonds. The van der Waals surface area contributed by atoms with Gasteiger partial charge in [0.15, 0.2) is 0 Å². The lowest BCUT2D eigenvalue weighted by Crippen LogP contribution is -2.05.